The van der Waals surface area contributed by atoms with Crippen LogP contribution in [0, 0.1) is 15.3 Å². The van der Waals surface area contributed by atoms with Gasteiger partial charge in [0.1, 0.15) is 0 Å². The molecule has 0 atom stereocenters. The first-order valence-corrected chi connectivity index (χ1v) is 3.47. The van der Waals surface area contributed by atoms with E-state index in [9.17, 15) is 15.3 Å². The van der Waals surface area contributed by atoms with Gasteiger partial charge in [-0.1, -0.05) is 0 Å². The smallest absolute Gasteiger partial charge is 0.271 e. The summed E-state index contributed by atoms with van der Waals surface area (Å²) in [5.41, 5.74) is 0.612. The van der Waals surface area contributed by atoms with Crippen molar-refractivity contribution in [2.45, 2.75) is 0 Å². The van der Waals surface area contributed by atoms with Crippen molar-refractivity contribution in [3.05, 3.63) is 39.8 Å². The average Bonchev–Trinajstić information content (AvgIpc) is 2.47. The predicted octanol–water partition coefficient (Wildman–Crippen LogP) is 1.29. The first kappa shape index (κ1) is 7.53. The van der Waals surface area contributed by atoms with Gasteiger partial charge in [-0.05, 0) is 6.07 Å². The molecule has 0 saturated heterocycles. The van der Waals surface area contributed by atoms with Gasteiger partial charge in [0, 0.05) is 12.1 Å². The van der Waals surface area contributed by atoms with Gasteiger partial charge < -0.3 is 9.94 Å². The number of benzene rings is 1. The number of imidazole rings is 1. The van der Waals surface area contributed by atoms with E-state index in [4.69, 9.17) is 0 Å². The van der Waals surface area contributed by atoms with Gasteiger partial charge in [-0.3, -0.25) is 10.1 Å². The fourth-order valence-electron chi connectivity index (χ4n) is 1.09. The van der Waals surface area contributed by atoms with Crippen LogP contribution in [0.3, 0.4) is 0 Å². The van der Waals surface area contributed by atoms with E-state index >= 15 is 0 Å². The van der Waals surface area contributed by atoms with Crippen molar-refractivity contribution >= 4 is 16.7 Å². The van der Waals surface area contributed by atoms with E-state index in [0.717, 1.165) is 6.33 Å². The monoisotopic (exact) mass is 178 g/mol. The molecule has 1 aromatic heterocycles. The highest BCUT2D eigenvalue weighted by Crippen LogP contribution is 2.18. The molecule has 6 nitrogen and oxygen atoms in total. The number of hydrogen-bond acceptors (Lipinski definition) is 4. The highest BCUT2D eigenvalue weighted by molar-refractivity contribution is 5.78. The van der Waals surface area contributed by atoms with E-state index in [0.29, 0.717) is 15.8 Å². The second-order valence-corrected chi connectivity index (χ2v) is 2.50. The molecule has 0 spiro atoms. The van der Waals surface area contributed by atoms with Gasteiger partial charge in [0.2, 0.25) is 0 Å². The van der Waals surface area contributed by atoms with Crippen molar-refractivity contribution in [1.82, 2.24) is 9.71 Å². The van der Waals surface area contributed by atoms with Crippen LogP contribution in [0.2, 0.25) is 0 Å². The summed E-state index contributed by atoms with van der Waals surface area (Å²) >= 11 is 0. The minimum absolute atomic E-state index is 0.0637. The third-order valence-corrected chi connectivity index (χ3v) is 1.71. The third-order valence-electron chi connectivity index (χ3n) is 1.71. The minimum Gasteiger partial charge on any atom is -0.805 e. The van der Waals surface area contributed by atoms with Crippen molar-refractivity contribution in [2.75, 3.05) is 0 Å². The summed E-state index contributed by atoms with van der Waals surface area (Å²) in [5, 5.41) is 21.3. The van der Waals surface area contributed by atoms with Crippen molar-refractivity contribution < 1.29 is 4.92 Å². The van der Waals surface area contributed by atoms with Gasteiger partial charge >= 0.3 is 0 Å². The summed E-state index contributed by atoms with van der Waals surface area (Å²) < 4.78 is 0.569. The van der Waals surface area contributed by atoms with Crippen molar-refractivity contribution in [2.24, 2.45) is 0 Å². The van der Waals surface area contributed by atoms with E-state index in [2.05, 4.69) is 4.98 Å². The minimum atomic E-state index is -0.525. The Kier molecular flexibility index (Phi) is 1.42. The molecule has 0 amide bonds. The van der Waals surface area contributed by atoms with E-state index in [-0.39, 0.29) is 5.69 Å². The Morgan fingerprint density at radius 3 is 2.92 bits per heavy atom. The standard InChI is InChI=1S/C7H4N3O3/c11-9-4-8-6-3-5(10(12)13)1-2-7(6)9/h1-4H/q-1. The molecule has 0 fully saturated rings. The van der Waals surface area contributed by atoms with Crippen LogP contribution in [0.15, 0.2) is 24.5 Å². The largest absolute Gasteiger partial charge is 0.805 e. The fourth-order valence-corrected chi connectivity index (χ4v) is 1.09. The Bertz CT molecular complexity index is 477. The zero-order chi connectivity index (χ0) is 9.42. The normalized spacial score (nSPS) is 10.5. The molecule has 0 bridgehead atoms. The first-order chi connectivity index (χ1) is 6.18. The maximum Gasteiger partial charge on any atom is 0.271 e. The number of rotatable bonds is 1. The number of aromatic nitrogens is 2. The quantitative estimate of drug-likeness (QED) is 0.486. The summed E-state index contributed by atoms with van der Waals surface area (Å²) in [7, 11) is 0. The van der Waals surface area contributed by atoms with Gasteiger partial charge in [-0.2, -0.15) is 0 Å². The number of nitrogens with zero attached hydrogens (tertiary/aromatic N) is 3. The molecule has 0 aliphatic heterocycles. The van der Waals surface area contributed by atoms with E-state index in [1.54, 1.807) is 0 Å². The van der Waals surface area contributed by atoms with Gasteiger partial charge in [-0.25, -0.2) is 4.98 Å². The summed E-state index contributed by atoms with van der Waals surface area (Å²) in [6.07, 6.45) is 1.08. The first-order valence-electron chi connectivity index (χ1n) is 3.47. The lowest BCUT2D eigenvalue weighted by Crippen LogP contribution is -1.87. The third kappa shape index (κ3) is 1.08. The Morgan fingerprint density at radius 2 is 2.23 bits per heavy atom. The molecule has 0 radical (unpaired) electrons. The lowest BCUT2D eigenvalue weighted by atomic mass is 10.3. The van der Waals surface area contributed by atoms with Crippen LogP contribution < -0.4 is 0 Å². The lowest BCUT2D eigenvalue weighted by Gasteiger charge is -2.04. The lowest BCUT2D eigenvalue weighted by molar-refractivity contribution is -0.384. The highest BCUT2D eigenvalue weighted by atomic mass is 16.6. The summed E-state index contributed by atoms with van der Waals surface area (Å²) in [5.74, 6) is 0. The molecule has 0 unspecified atom stereocenters. The van der Waals surface area contributed by atoms with Crippen LogP contribution in [-0.4, -0.2) is 14.6 Å². The fraction of sp³-hybridized carbons (Fsp3) is 0. The molecule has 0 N–H and O–H groups in total. The van der Waals surface area contributed by atoms with Crippen LogP contribution in [-0.2, 0) is 0 Å². The van der Waals surface area contributed by atoms with E-state index < -0.39 is 4.92 Å². The molecule has 1 aromatic carbocycles. The van der Waals surface area contributed by atoms with Crippen molar-refractivity contribution in [1.29, 1.82) is 0 Å². The SMILES string of the molecule is O=[N+]([O-])c1ccc2c(c1)ncn2[O-]. The molecule has 2 rings (SSSR count). The summed E-state index contributed by atoms with van der Waals surface area (Å²) in [4.78, 5) is 13.5. The maximum absolute atomic E-state index is 10.9. The average molecular weight is 178 g/mol. The van der Waals surface area contributed by atoms with Gasteiger partial charge in [-0.15, -0.1) is 0 Å². The number of non-ortho nitro benzene ring substituents is 1. The van der Waals surface area contributed by atoms with E-state index in [1.807, 2.05) is 0 Å². The molecule has 0 aliphatic carbocycles. The Balaban J connectivity index is 2.70. The van der Waals surface area contributed by atoms with Gasteiger partial charge in [0.05, 0.1) is 22.3 Å². The Morgan fingerprint density at radius 1 is 1.46 bits per heavy atom. The van der Waals surface area contributed by atoms with Crippen molar-refractivity contribution in [3.63, 3.8) is 0 Å². The Labute approximate surface area is 72.2 Å². The molecular weight excluding hydrogens is 174 g/mol. The molecule has 6 heteroatoms. The topological polar surface area (TPSA) is 84.0 Å². The molecule has 0 saturated carbocycles. The van der Waals surface area contributed by atoms with Crippen LogP contribution in [0.5, 0.6) is 0 Å². The summed E-state index contributed by atoms with van der Waals surface area (Å²) in [6, 6.07) is 3.93. The van der Waals surface area contributed by atoms with Crippen LogP contribution in [0.25, 0.3) is 11.0 Å². The molecule has 66 valence electrons. The molecule has 2 aromatic rings. The van der Waals surface area contributed by atoms with Gasteiger partial charge in [0.25, 0.3) is 5.69 Å². The molecule has 0 aliphatic rings. The zero-order valence-electron chi connectivity index (χ0n) is 6.38. The molecule has 13 heavy (non-hydrogen) atoms. The number of fused-ring (bicyclic) bond motifs is 1. The van der Waals surface area contributed by atoms with Crippen LogP contribution in [0.1, 0.15) is 0 Å². The highest BCUT2D eigenvalue weighted by Gasteiger charge is 2.06. The second-order valence-electron chi connectivity index (χ2n) is 2.50. The number of nitro benzene ring substituents is 1. The van der Waals surface area contributed by atoms with Crippen LogP contribution in [0.4, 0.5) is 5.69 Å². The zero-order valence-corrected chi connectivity index (χ0v) is 6.38. The Hall–Kier alpha value is -2.11. The van der Waals surface area contributed by atoms with E-state index in [1.165, 1.54) is 18.2 Å². The molecule has 1 heterocycles. The number of hydrogen-bond donors (Lipinski definition) is 0. The number of nitro groups is 1. The predicted molar refractivity (Wildman–Crippen MR) is 45.2 cm³/mol. The van der Waals surface area contributed by atoms with Crippen LogP contribution >= 0.6 is 0 Å². The summed E-state index contributed by atoms with van der Waals surface area (Å²) in [6.45, 7) is 0. The van der Waals surface area contributed by atoms with Crippen molar-refractivity contribution in [3.8, 4) is 0 Å². The second kappa shape index (κ2) is 2.44. The molecular formula is C7H4N3O3-. The maximum atomic E-state index is 10.9. The van der Waals surface area contributed by atoms with Gasteiger partial charge in [0.15, 0.2) is 0 Å².